The highest BCUT2D eigenvalue weighted by atomic mass is 32.1. The smallest absolute Gasteiger partial charge is 0.241 e. The van der Waals surface area contributed by atoms with Gasteiger partial charge in [0.05, 0.1) is 6.54 Å². The molecule has 0 atom stereocenters. The van der Waals surface area contributed by atoms with Crippen LogP contribution in [0.3, 0.4) is 0 Å². The summed E-state index contributed by atoms with van der Waals surface area (Å²) in [5, 5.41) is 3.09. The Hall–Kier alpha value is -1.62. The molecule has 0 aliphatic heterocycles. The summed E-state index contributed by atoms with van der Waals surface area (Å²) in [6.07, 6.45) is 0. The van der Waals surface area contributed by atoms with Gasteiger partial charge in [0, 0.05) is 24.8 Å². The van der Waals surface area contributed by atoms with Crippen LogP contribution in [-0.2, 0) is 4.79 Å². The number of nitrogens with zero attached hydrogens (tertiary/aromatic N) is 1. The summed E-state index contributed by atoms with van der Waals surface area (Å²) < 4.78 is 0. The van der Waals surface area contributed by atoms with Crippen molar-refractivity contribution in [3.8, 4) is 0 Å². The Morgan fingerprint density at radius 3 is 2.67 bits per heavy atom. The van der Waals surface area contributed by atoms with Crippen molar-refractivity contribution in [3.05, 3.63) is 29.3 Å². The Labute approximate surface area is 113 Å². The molecule has 18 heavy (non-hydrogen) atoms. The van der Waals surface area contributed by atoms with Crippen molar-refractivity contribution in [2.75, 3.05) is 25.5 Å². The van der Waals surface area contributed by atoms with Crippen LogP contribution in [0.5, 0.6) is 0 Å². The zero-order valence-electron chi connectivity index (χ0n) is 11.0. The topological polar surface area (TPSA) is 58.4 Å². The minimum atomic E-state index is 0.0635. The molecule has 5 heteroatoms. The molecule has 0 radical (unpaired) electrons. The number of amides is 1. The number of hydrogen-bond acceptors (Lipinski definition) is 3. The second kappa shape index (κ2) is 6.35. The van der Waals surface area contributed by atoms with Crippen LogP contribution in [0.4, 0.5) is 5.69 Å². The molecule has 1 amide bonds. The first-order chi connectivity index (χ1) is 8.45. The molecule has 0 unspecified atom stereocenters. The highest BCUT2D eigenvalue weighted by Gasteiger charge is 2.07. The minimum Gasteiger partial charge on any atom is -0.389 e. The molecule has 4 nitrogen and oxygen atoms in total. The fraction of sp³-hybridized carbons (Fsp3) is 0.385. The zero-order chi connectivity index (χ0) is 13.7. The van der Waals surface area contributed by atoms with E-state index in [-0.39, 0.29) is 12.5 Å². The van der Waals surface area contributed by atoms with Crippen molar-refractivity contribution >= 4 is 28.8 Å². The SMILES string of the molecule is CCN(C)C(=O)CNc1ccc(C(N)=S)c(C)c1. The van der Waals surface area contributed by atoms with E-state index in [9.17, 15) is 4.79 Å². The maximum atomic E-state index is 11.6. The van der Waals surface area contributed by atoms with Crippen molar-refractivity contribution in [1.29, 1.82) is 0 Å². The quantitative estimate of drug-likeness (QED) is 0.793. The van der Waals surface area contributed by atoms with E-state index in [0.717, 1.165) is 16.8 Å². The van der Waals surface area contributed by atoms with Crippen molar-refractivity contribution in [2.45, 2.75) is 13.8 Å². The number of carbonyl (C=O) groups excluding carboxylic acids is 1. The Morgan fingerprint density at radius 1 is 1.50 bits per heavy atom. The molecule has 3 N–H and O–H groups in total. The van der Waals surface area contributed by atoms with Crippen LogP contribution in [-0.4, -0.2) is 35.9 Å². The Morgan fingerprint density at radius 2 is 2.17 bits per heavy atom. The molecular weight excluding hydrogens is 246 g/mol. The minimum absolute atomic E-state index is 0.0635. The Balaban J connectivity index is 2.67. The van der Waals surface area contributed by atoms with Gasteiger partial charge in [-0.2, -0.15) is 0 Å². The van der Waals surface area contributed by atoms with Crippen molar-refractivity contribution in [3.63, 3.8) is 0 Å². The van der Waals surface area contributed by atoms with Crippen molar-refractivity contribution in [2.24, 2.45) is 5.73 Å². The van der Waals surface area contributed by atoms with Crippen LogP contribution in [0.15, 0.2) is 18.2 Å². The fourth-order valence-corrected chi connectivity index (χ4v) is 1.77. The van der Waals surface area contributed by atoms with Gasteiger partial charge in [0.15, 0.2) is 0 Å². The van der Waals surface area contributed by atoms with Crippen LogP contribution >= 0.6 is 12.2 Å². The maximum Gasteiger partial charge on any atom is 0.241 e. The average Bonchev–Trinajstić information content (AvgIpc) is 2.34. The molecule has 1 aromatic carbocycles. The standard InChI is InChI=1S/C13H19N3OS/c1-4-16(3)12(17)8-15-10-5-6-11(13(14)18)9(2)7-10/h5-7,15H,4,8H2,1-3H3,(H2,14,18). The number of rotatable bonds is 5. The van der Waals surface area contributed by atoms with E-state index < -0.39 is 0 Å². The first kappa shape index (κ1) is 14.4. The average molecular weight is 265 g/mol. The number of carbonyl (C=O) groups is 1. The molecule has 0 aliphatic rings. The normalized spacial score (nSPS) is 9.94. The number of nitrogens with two attached hydrogens (primary N) is 1. The number of aryl methyl sites for hydroxylation is 1. The van der Waals surface area contributed by atoms with E-state index in [1.165, 1.54) is 0 Å². The second-order valence-electron chi connectivity index (χ2n) is 4.16. The van der Waals surface area contributed by atoms with E-state index in [2.05, 4.69) is 5.32 Å². The molecule has 1 rings (SSSR count). The lowest BCUT2D eigenvalue weighted by Gasteiger charge is -2.15. The van der Waals surface area contributed by atoms with E-state index in [0.29, 0.717) is 11.5 Å². The van der Waals surface area contributed by atoms with Crippen LogP contribution in [0.25, 0.3) is 0 Å². The van der Waals surface area contributed by atoms with Crippen molar-refractivity contribution < 1.29 is 4.79 Å². The molecule has 0 heterocycles. The van der Waals surface area contributed by atoms with Gasteiger partial charge in [-0.1, -0.05) is 12.2 Å². The second-order valence-corrected chi connectivity index (χ2v) is 4.60. The molecule has 0 spiro atoms. The summed E-state index contributed by atoms with van der Waals surface area (Å²) in [6, 6.07) is 5.68. The van der Waals surface area contributed by atoms with Gasteiger partial charge in [0.2, 0.25) is 5.91 Å². The molecule has 0 aromatic heterocycles. The summed E-state index contributed by atoms with van der Waals surface area (Å²) in [5.74, 6) is 0.0635. The highest BCUT2D eigenvalue weighted by molar-refractivity contribution is 7.80. The van der Waals surface area contributed by atoms with Crippen LogP contribution in [0.2, 0.25) is 0 Å². The fourth-order valence-electron chi connectivity index (χ4n) is 1.54. The lowest BCUT2D eigenvalue weighted by atomic mass is 10.1. The molecule has 0 aliphatic carbocycles. The van der Waals surface area contributed by atoms with E-state index >= 15 is 0 Å². The van der Waals surface area contributed by atoms with E-state index in [1.807, 2.05) is 32.0 Å². The Bertz CT molecular complexity index is 460. The van der Waals surface area contributed by atoms with Crippen molar-refractivity contribution in [1.82, 2.24) is 4.90 Å². The summed E-state index contributed by atoms with van der Waals surface area (Å²) >= 11 is 4.95. The first-order valence-electron chi connectivity index (χ1n) is 5.84. The number of benzene rings is 1. The lowest BCUT2D eigenvalue weighted by Crippen LogP contribution is -2.31. The predicted octanol–water partition coefficient (Wildman–Crippen LogP) is 1.52. The molecule has 0 saturated carbocycles. The molecule has 0 bridgehead atoms. The van der Waals surface area contributed by atoms with Gasteiger partial charge < -0.3 is 16.0 Å². The van der Waals surface area contributed by atoms with Gasteiger partial charge in [-0.25, -0.2) is 0 Å². The summed E-state index contributed by atoms with van der Waals surface area (Å²) in [5.41, 5.74) is 8.36. The monoisotopic (exact) mass is 265 g/mol. The van der Waals surface area contributed by atoms with Crippen LogP contribution in [0.1, 0.15) is 18.1 Å². The number of hydrogen-bond donors (Lipinski definition) is 2. The first-order valence-corrected chi connectivity index (χ1v) is 6.24. The zero-order valence-corrected chi connectivity index (χ0v) is 11.8. The van der Waals surface area contributed by atoms with Gasteiger partial charge in [0.25, 0.3) is 0 Å². The molecule has 98 valence electrons. The van der Waals surface area contributed by atoms with Gasteiger partial charge in [0.1, 0.15) is 4.99 Å². The maximum absolute atomic E-state index is 11.6. The number of anilines is 1. The van der Waals surface area contributed by atoms with Gasteiger partial charge in [-0.15, -0.1) is 0 Å². The Kier molecular flexibility index (Phi) is 5.09. The van der Waals surface area contributed by atoms with Gasteiger partial charge in [-0.05, 0) is 37.6 Å². The van der Waals surface area contributed by atoms with Crippen LogP contribution in [0, 0.1) is 6.92 Å². The summed E-state index contributed by atoms with van der Waals surface area (Å²) in [4.78, 5) is 13.7. The summed E-state index contributed by atoms with van der Waals surface area (Å²) in [7, 11) is 1.78. The molecule has 0 saturated heterocycles. The van der Waals surface area contributed by atoms with E-state index in [1.54, 1.807) is 11.9 Å². The lowest BCUT2D eigenvalue weighted by molar-refractivity contribution is -0.127. The molecule has 0 fully saturated rings. The van der Waals surface area contributed by atoms with E-state index in [4.69, 9.17) is 18.0 Å². The summed E-state index contributed by atoms with van der Waals surface area (Å²) in [6.45, 7) is 4.88. The number of nitrogens with one attached hydrogen (secondary N) is 1. The third-order valence-electron chi connectivity index (χ3n) is 2.84. The largest absolute Gasteiger partial charge is 0.389 e. The number of likely N-dealkylation sites (N-methyl/N-ethyl adjacent to an activating group) is 1. The van der Waals surface area contributed by atoms with Gasteiger partial charge >= 0.3 is 0 Å². The van der Waals surface area contributed by atoms with Gasteiger partial charge in [-0.3, -0.25) is 4.79 Å². The molecular formula is C13H19N3OS. The predicted molar refractivity (Wildman–Crippen MR) is 78.9 cm³/mol. The highest BCUT2D eigenvalue weighted by Crippen LogP contribution is 2.14. The van der Waals surface area contributed by atoms with Crippen LogP contribution < -0.4 is 11.1 Å². The third kappa shape index (κ3) is 3.70. The third-order valence-corrected chi connectivity index (χ3v) is 3.06. The molecule has 1 aromatic rings. The number of thiocarbonyl (C=S) groups is 1.